The average molecular weight is 228 g/mol. The zero-order valence-corrected chi connectivity index (χ0v) is 11.2. The van der Waals surface area contributed by atoms with Crippen molar-refractivity contribution in [2.75, 3.05) is 33.2 Å². The van der Waals surface area contributed by atoms with Crippen LogP contribution in [0.2, 0.25) is 0 Å². The van der Waals surface area contributed by atoms with E-state index in [1.807, 2.05) is 13.8 Å². The van der Waals surface area contributed by atoms with E-state index in [9.17, 15) is 0 Å². The molecule has 0 aromatic rings. The van der Waals surface area contributed by atoms with Gasteiger partial charge in [0.2, 0.25) is 0 Å². The molecule has 0 aromatic carbocycles. The van der Waals surface area contributed by atoms with Crippen molar-refractivity contribution >= 4 is 0 Å². The Morgan fingerprint density at radius 3 is 2.31 bits per heavy atom. The van der Waals surface area contributed by atoms with Crippen molar-refractivity contribution < 1.29 is 0 Å². The molecule has 1 fully saturated rings. The topological polar surface area (TPSA) is 6.48 Å². The molecule has 0 unspecified atom stereocenters. The smallest absolute Gasteiger partial charge is 0.0192 e. The first-order chi connectivity index (χ1) is 7.24. The number of likely N-dealkylation sites (N-methyl/N-ethyl adjacent to an activating group) is 1. The highest BCUT2D eigenvalue weighted by Gasteiger charge is 2.18. The lowest BCUT2D eigenvalue weighted by Crippen LogP contribution is -2.49. The summed E-state index contributed by atoms with van der Waals surface area (Å²) in [5.41, 5.74) is 0. The van der Waals surface area contributed by atoms with Crippen LogP contribution in [0.1, 0.15) is 41.5 Å². The Labute approximate surface area is 103 Å². The zero-order chi connectivity index (χ0) is 11.7. The van der Waals surface area contributed by atoms with E-state index in [2.05, 4.69) is 42.8 Å². The molecule has 1 rings (SSSR count). The molecule has 1 aliphatic rings. The van der Waals surface area contributed by atoms with Gasteiger partial charge >= 0.3 is 0 Å². The van der Waals surface area contributed by atoms with Gasteiger partial charge in [-0.1, -0.05) is 40.3 Å². The van der Waals surface area contributed by atoms with Crippen molar-refractivity contribution in [2.24, 2.45) is 0 Å². The molecule has 1 aliphatic heterocycles. The first kappa shape index (κ1) is 18.0. The second-order valence-corrected chi connectivity index (χ2v) is 3.97. The second-order valence-electron chi connectivity index (χ2n) is 3.97. The Kier molecular flexibility index (Phi) is 12.6. The standard InChI is InChI=1S/C11H22N2.C2H6.CH4/c1-4-5-6-7-13-9-8-12(3)11(2)10-13;1-2;/h5-6,11H,4,7-10H2,1-3H3;1-2H3;1H4/b6-5+;;/t11-;;/m0../s1. The van der Waals surface area contributed by atoms with Gasteiger partial charge in [0.05, 0.1) is 0 Å². The molecule has 1 heterocycles. The van der Waals surface area contributed by atoms with Crippen molar-refractivity contribution in [1.29, 1.82) is 0 Å². The number of rotatable bonds is 3. The minimum atomic E-state index is 0. The van der Waals surface area contributed by atoms with Crippen molar-refractivity contribution in [1.82, 2.24) is 9.80 Å². The van der Waals surface area contributed by atoms with Gasteiger partial charge in [-0.05, 0) is 20.4 Å². The molecule has 0 amide bonds. The molecular formula is C14H32N2. The summed E-state index contributed by atoms with van der Waals surface area (Å²) in [6.07, 6.45) is 5.70. The third-order valence-corrected chi connectivity index (χ3v) is 2.81. The van der Waals surface area contributed by atoms with Gasteiger partial charge in [-0.15, -0.1) is 0 Å². The van der Waals surface area contributed by atoms with Crippen LogP contribution in [0.15, 0.2) is 12.2 Å². The minimum Gasteiger partial charge on any atom is -0.301 e. The van der Waals surface area contributed by atoms with E-state index in [1.165, 1.54) is 19.6 Å². The molecule has 0 aromatic heterocycles. The maximum atomic E-state index is 2.52. The maximum Gasteiger partial charge on any atom is 0.0192 e. The van der Waals surface area contributed by atoms with Crippen LogP contribution >= 0.6 is 0 Å². The Bertz CT molecular complexity index is 166. The first-order valence-electron chi connectivity index (χ1n) is 6.31. The van der Waals surface area contributed by atoms with Gasteiger partial charge in [-0.3, -0.25) is 4.90 Å². The summed E-state index contributed by atoms with van der Waals surface area (Å²) in [4.78, 5) is 4.96. The average Bonchev–Trinajstić information content (AvgIpc) is 2.27. The molecule has 1 saturated heterocycles. The van der Waals surface area contributed by atoms with Crippen LogP contribution in [-0.4, -0.2) is 49.1 Å². The Balaban J connectivity index is 0. The van der Waals surface area contributed by atoms with Crippen LogP contribution in [0.5, 0.6) is 0 Å². The lowest BCUT2D eigenvalue weighted by molar-refractivity contribution is 0.114. The van der Waals surface area contributed by atoms with Gasteiger partial charge in [-0.2, -0.15) is 0 Å². The zero-order valence-electron chi connectivity index (χ0n) is 11.2. The molecule has 98 valence electrons. The quantitative estimate of drug-likeness (QED) is 0.684. The molecule has 0 saturated carbocycles. The fraction of sp³-hybridized carbons (Fsp3) is 0.857. The van der Waals surface area contributed by atoms with Crippen LogP contribution in [0.3, 0.4) is 0 Å². The van der Waals surface area contributed by atoms with Crippen molar-refractivity contribution in [3.8, 4) is 0 Å². The largest absolute Gasteiger partial charge is 0.301 e. The third kappa shape index (κ3) is 7.02. The maximum absolute atomic E-state index is 2.52. The molecule has 2 heteroatoms. The van der Waals surface area contributed by atoms with Gasteiger partial charge in [0.15, 0.2) is 0 Å². The first-order valence-corrected chi connectivity index (χ1v) is 6.31. The highest BCUT2D eigenvalue weighted by atomic mass is 15.3. The SMILES string of the molecule is C.CC.CC/C=C/CN1CCN(C)[C@@H](C)C1. The van der Waals surface area contributed by atoms with E-state index in [0.29, 0.717) is 6.04 Å². The van der Waals surface area contributed by atoms with E-state index in [1.54, 1.807) is 0 Å². The van der Waals surface area contributed by atoms with Crippen LogP contribution in [0.25, 0.3) is 0 Å². The summed E-state index contributed by atoms with van der Waals surface area (Å²) in [5.74, 6) is 0. The minimum absolute atomic E-state index is 0. The summed E-state index contributed by atoms with van der Waals surface area (Å²) < 4.78 is 0. The molecule has 0 spiro atoms. The van der Waals surface area contributed by atoms with Gasteiger partial charge in [0.1, 0.15) is 0 Å². The van der Waals surface area contributed by atoms with Crippen LogP contribution in [0.4, 0.5) is 0 Å². The molecule has 1 atom stereocenters. The number of allylic oxidation sites excluding steroid dienone is 1. The molecule has 0 radical (unpaired) electrons. The Morgan fingerprint density at radius 1 is 1.19 bits per heavy atom. The van der Waals surface area contributed by atoms with Gasteiger partial charge in [0, 0.05) is 32.2 Å². The van der Waals surface area contributed by atoms with Crippen molar-refractivity contribution in [3.05, 3.63) is 12.2 Å². The second kappa shape index (κ2) is 11.2. The normalized spacial score (nSPS) is 22.4. The third-order valence-electron chi connectivity index (χ3n) is 2.81. The van der Waals surface area contributed by atoms with Crippen molar-refractivity contribution in [3.63, 3.8) is 0 Å². The van der Waals surface area contributed by atoms with E-state index in [4.69, 9.17) is 0 Å². The highest BCUT2D eigenvalue weighted by molar-refractivity contribution is 4.86. The van der Waals surface area contributed by atoms with E-state index in [0.717, 1.165) is 13.0 Å². The van der Waals surface area contributed by atoms with Gasteiger partial charge < -0.3 is 4.90 Å². The molecule has 0 aliphatic carbocycles. The number of piperazine rings is 1. The lowest BCUT2D eigenvalue weighted by Gasteiger charge is -2.37. The molecular weight excluding hydrogens is 196 g/mol. The van der Waals surface area contributed by atoms with Crippen LogP contribution in [0, 0.1) is 0 Å². The predicted molar refractivity (Wildman–Crippen MR) is 76.0 cm³/mol. The predicted octanol–water partition coefficient (Wildman–Crippen LogP) is 3.25. The molecule has 0 bridgehead atoms. The lowest BCUT2D eigenvalue weighted by atomic mass is 10.2. The summed E-state index contributed by atoms with van der Waals surface area (Å²) in [7, 11) is 2.21. The van der Waals surface area contributed by atoms with Crippen molar-refractivity contribution in [2.45, 2.75) is 47.6 Å². The summed E-state index contributed by atoms with van der Waals surface area (Å²) in [6.45, 7) is 13.3. The summed E-state index contributed by atoms with van der Waals surface area (Å²) in [6, 6.07) is 0.712. The van der Waals surface area contributed by atoms with E-state index in [-0.39, 0.29) is 7.43 Å². The fourth-order valence-corrected chi connectivity index (χ4v) is 1.68. The van der Waals surface area contributed by atoms with Gasteiger partial charge in [0.25, 0.3) is 0 Å². The van der Waals surface area contributed by atoms with Crippen LogP contribution in [-0.2, 0) is 0 Å². The number of hydrogen-bond donors (Lipinski definition) is 0. The van der Waals surface area contributed by atoms with Gasteiger partial charge in [-0.25, -0.2) is 0 Å². The van der Waals surface area contributed by atoms with E-state index < -0.39 is 0 Å². The fourth-order valence-electron chi connectivity index (χ4n) is 1.68. The highest BCUT2D eigenvalue weighted by Crippen LogP contribution is 2.06. The monoisotopic (exact) mass is 228 g/mol. The molecule has 0 N–H and O–H groups in total. The number of hydrogen-bond acceptors (Lipinski definition) is 2. The summed E-state index contributed by atoms with van der Waals surface area (Å²) >= 11 is 0. The Hall–Kier alpha value is -0.340. The Morgan fingerprint density at radius 2 is 1.81 bits per heavy atom. The summed E-state index contributed by atoms with van der Waals surface area (Å²) in [5, 5.41) is 0. The van der Waals surface area contributed by atoms with E-state index >= 15 is 0 Å². The van der Waals surface area contributed by atoms with Crippen LogP contribution < -0.4 is 0 Å². The molecule has 2 nitrogen and oxygen atoms in total. The number of nitrogens with zero attached hydrogens (tertiary/aromatic N) is 2. The molecule has 16 heavy (non-hydrogen) atoms.